The molecule has 3 nitrogen and oxygen atoms in total. The van der Waals surface area contributed by atoms with Crippen LogP contribution in [0, 0.1) is 0 Å². The topological polar surface area (TPSA) is 41.1 Å². The van der Waals surface area contributed by atoms with Gasteiger partial charge in [-0.25, -0.2) is 4.79 Å². The van der Waals surface area contributed by atoms with Crippen molar-refractivity contribution in [1.82, 2.24) is 10.6 Å². The van der Waals surface area contributed by atoms with Gasteiger partial charge in [-0.05, 0) is 37.7 Å². The van der Waals surface area contributed by atoms with E-state index in [0.717, 1.165) is 18.5 Å². The van der Waals surface area contributed by atoms with Crippen molar-refractivity contribution in [3.8, 4) is 0 Å². The van der Waals surface area contributed by atoms with Crippen molar-refractivity contribution in [3.63, 3.8) is 0 Å². The summed E-state index contributed by atoms with van der Waals surface area (Å²) >= 11 is 0. The van der Waals surface area contributed by atoms with E-state index in [0.29, 0.717) is 6.54 Å². The van der Waals surface area contributed by atoms with Crippen molar-refractivity contribution < 1.29 is 4.79 Å². The van der Waals surface area contributed by atoms with Crippen LogP contribution in [0.3, 0.4) is 0 Å². The Labute approximate surface area is 179 Å². The van der Waals surface area contributed by atoms with Gasteiger partial charge >= 0.3 is 6.03 Å². The van der Waals surface area contributed by atoms with E-state index in [1.165, 1.54) is 83.5 Å². The van der Waals surface area contributed by atoms with Gasteiger partial charge in [-0.1, -0.05) is 107 Å². The van der Waals surface area contributed by atoms with E-state index < -0.39 is 0 Å². The number of hydrogen-bond acceptors (Lipinski definition) is 1. The zero-order valence-corrected chi connectivity index (χ0v) is 18.8. The molecule has 164 valence electrons. The van der Waals surface area contributed by atoms with E-state index >= 15 is 0 Å². The molecule has 0 atom stereocenters. The second-order valence-corrected chi connectivity index (χ2v) is 8.03. The second kappa shape index (κ2) is 19.5. The molecule has 3 heteroatoms. The summed E-state index contributed by atoms with van der Waals surface area (Å²) in [5.41, 5.74) is 1.12. The van der Waals surface area contributed by atoms with Crippen molar-refractivity contribution in [3.05, 3.63) is 48.0 Å². The first kappa shape index (κ1) is 25.3. The Bertz CT molecular complexity index is 513. The Hall–Kier alpha value is -1.77. The van der Waals surface area contributed by atoms with Crippen LogP contribution >= 0.6 is 0 Å². The van der Waals surface area contributed by atoms with Crippen molar-refractivity contribution >= 4 is 6.03 Å². The van der Waals surface area contributed by atoms with Crippen LogP contribution in [-0.2, 0) is 6.54 Å². The number of unbranched alkanes of at least 4 members (excludes halogenated alkanes) is 12. The molecule has 0 aliphatic heterocycles. The number of carbonyl (C=O) groups excluding carboxylic acids is 1. The average molecular weight is 401 g/mol. The van der Waals surface area contributed by atoms with Gasteiger partial charge in [0.05, 0.1) is 0 Å². The molecule has 1 aromatic carbocycles. The van der Waals surface area contributed by atoms with Gasteiger partial charge < -0.3 is 10.6 Å². The summed E-state index contributed by atoms with van der Waals surface area (Å²) in [6.45, 7) is 3.62. The number of allylic oxidation sites excluding steroid dienone is 2. The van der Waals surface area contributed by atoms with E-state index in [2.05, 4.69) is 29.7 Å². The molecule has 0 aromatic heterocycles. The molecular weight excluding hydrogens is 356 g/mol. The lowest BCUT2D eigenvalue weighted by molar-refractivity contribution is 0.240. The number of hydrogen-bond donors (Lipinski definition) is 2. The Kier molecular flexibility index (Phi) is 17.0. The van der Waals surface area contributed by atoms with Crippen molar-refractivity contribution in [2.75, 3.05) is 6.54 Å². The maximum atomic E-state index is 11.7. The van der Waals surface area contributed by atoms with Crippen LogP contribution in [-0.4, -0.2) is 12.6 Å². The number of urea groups is 1. The van der Waals surface area contributed by atoms with E-state index in [9.17, 15) is 4.79 Å². The van der Waals surface area contributed by atoms with E-state index in [1.807, 2.05) is 30.3 Å². The molecule has 0 aliphatic carbocycles. The summed E-state index contributed by atoms with van der Waals surface area (Å²) in [4.78, 5) is 11.7. The number of benzene rings is 1. The SMILES string of the molecule is CCCCCCCC/C=C\CCCCCCCCNC(=O)NCc1ccccc1. The van der Waals surface area contributed by atoms with Gasteiger partial charge in [0.1, 0.15) is 0 Å². The molecule has 0 bridgehead atoms. The largest absolute Gasteiger partial charge is 0.338 e. The maximum Gasteiger partial charge on any atom is 0.315 e. The van der Waals surface area contributed by atoms with Crippen LogP contribution in [0.25, 0.3) is 0 Å². The predicted octanol–water partition coefficient (Wildman–Crippen LogP) is 7.52. The van der Waals surface area contributed by atoms with Crippen molar-refractivity contribution in [2.45, 2.75) is 103 Å². The Morgan fingerprint density at radius 1 is 0.724 bits per heavy atom. The monoisotopic (exact) mass is 400 g/mol. The van der Waals surface area contributed by atoms with Crippen LogP contribution in [0.4, 0.5) is 4.79 Å². The second-order valence-electron chi connectivity index (χ2n) is 8.03. The molecule has 0 aliphatic rings. The van der Waals surface area contributed by atoms with Crippen LogP contribution in [0.5, 0.6) is 0 Å². The Morgan fingerprint density at radius 2 is 1.28 bits per heavy atom. The van der Waals surface area contributed by atoms with Crippen LogP contribution in [0.2, 0.25) is 0 Å². The van der Waals surface area contributed by atoms with Gasteiger partial charge in [0.25, 0.3) is 0 Å². The lowest BCUT2D eigenvalue weighted by Crippen LogP contribution is -2.35. The third-order valence-electron chi connectivity index (χ3n) is 5.27. The minimum Gasteiger partial charge on any atom is -0.338 e. The quantitative estimate of drug-likeness (QED) is 0.194. The van der Waals surface area contributed by atoms with Crippen LogP contribution in [0.1, 0.15) is 102 Å². The Balaban J connectivity index is 1.78. The van der Waals surface area contributed by atoms with E-state index in [1.54, 1.807) is 0 Å². The minimum absolute atomic E-state index is 0.0680. The molecule has 0 radical (unpaired) electrons. The third kappa shape index (κ3) is 16.9. The lowest BCUT2D eigenvalue weighted by atomic mass is 10.1. The highest BCUT2D eigenvalue weighted by Crippen LogP contribution is 2.09. The fraction of sp³-hybridized carbons (Fsp3) is 0.654. The average Bonchev–Trinajstić information content (AvgIpc) is 2.75. The molecule has 2 N–H and O–H groups in total. The zero-order valence-electron chi connectivity index (χ0n) is 18.8. The molecule has 1 aromatic rings. The molecule has 2 amide bonds. The standard InChI is InChI=1S/C26H44N2O/c1-2-3-4-5-6-7-8-9-10-11-12-13-14-15-16-20-23-27-26(29)28-24-25-21-18-17-19-22-25/h9-10,17-19,21-22H,2-8,11-16,20,23-24H2,1H3,(H2,27,28,29)/b10-9-. The van der Waals surface area contributed by atoms with Crippen LogP contribution in [0.15, 0.2) is 42.5 Å². The van der Waals surface area contributed by atoms with Gasteiger partial charge in [-0.3, -0.25) is 0 Å². The predicted molar refractivity (Wildman–Crippen MR) is 126 cm³/mol. The Morgan fingerprint density at radius 3 is 1.90 bits per heavy atom. The van der Waals surface area contributed by atoms with E-state index in [-0.39, 0.29) is 6.03 Å². The molecule has 0 spiro atoms. The summed E-state index contributed by atoms with van der Waals surface area (Å²) in [5.74, 6) is 0. The summed E-state index contributed by atoms with van der Waals surface area (Å²) < 4.78 is 0. The van der Waals surface area contributed by atoms with Crippen molar-refractivity contribution in [1.29, 1.82) is 0 Å². The summed E-state index contributed by atoms with van der Waals surface area (Å²) in [6.07, 6.45) is 23.1. The molecule has 0 heterocycles. The van der Waals surface area contributed by atoms with Gasteiger partial charge in [0, 0.05) is 13.1 Å². The zero-order chi connectivity index (χ0) is 20.8. The van der Waals surface area contributed by atoms with Gasteiger partial charge in [-0.2, -0.15) is 0 Å². The molecule has 0 saturated carbocycles. The number of nitrogens with one attached hydrogen (secondary N) is 2. The smallest absolute Gasteiger partial charge is 0.315 e. The summed E-state index contributed by atoms with van der Waals surface area (Å²) in [5, 5.41) is 5.84. The molecule has 29 heavy (non-hydrogen) atoms. The highest BCUT2D eigenvalue weighted by molar-refractivity contribution is 5.73. The highest BCUT2D eigenvalue weighted by Gasteiger charge is 1.99. The number of amides is 2. The molecule has 0 saturated heterocycles. The first-order valence-corrected chi connectivity index (χ1v) is 12.0. The molecule has 0 unspecified atom stereocenters. The first-order chi connectivity index (χ1) is 14.3. The lowest BCUT2D eigenvalue weighted by Gasteiger charge is -2.07. The number of carbonyl (C=O) groups is 1. The van der Waals surface area contributed by atoms with Gasteiger partial charge in [0.2, 0.25) is 0 Å². The molecular formula is C26H44N2O. The third-order valence-corrected chi connectivity index (χ3v) is 5.27. The summed E-state index contributed by atoms with van der Waals surface area (Å²) in [6, 6.07) is 9.93. The normalized spacial score (nSPS) is 11.1. The van der Waals surface area contributed by atoms with Crippen LogP contribution < -0.4 is 10.6 Å². The highest BCUT2D eigenvalue weighted by atomic mass is 16.2. The van der Waals surface area contributed by atoms with E-state index in [4.69, 9.17) is 0 Å². The molecule has 1 rings (SSSR count). The summed E-state index contributed by atoms with van der Waals surface area (Å²) in [7, 11) is 0. The maximum absolute atomic E-state index is 11.7. The fourth-order valence-corrected chi connectivity index (χ4v) is 3.42. The molecule has 0 fully saturated rings. The minimum atomic E-state index is -0.0680. The first-order valence-electron chi connectivity index (χ1n) is 12.0. The number of rotatable bonds is 18. The fourth-order valence-electron chi connectivity index (χ4n) is 3.42. The van der Waals surface area contributed by atoms with Gasteiger partial charge in [0.15, 0.2) is 0 Å². The van der Waals surface area contributed by atoms with Gasteiger partial charge in [-0.15, -0.1) is 0 Å². The van der Waals surface area contributed by atoms with Crippen molar-refractivity contribution in [2.24, 2.45) is 0 Å².